The van der Waals surface area contributed by atoms with E-state index in [1.807, 2.05) is 29.3 Å². The van der Waals surface area contributed by atoms with Crippen molar-refractivity contribution >= 4 is 5.91 Å². The molecule has 26 heavy (non-hydrogen) atoms. The van der Waals surface area contributed by atoms with E-state index in [9.17, 15) is 4.79 Å². The molecule has 2 aliphatic rings. The van der Waals surface area contributed by atoms with E-state index in [2.05, 4.69) is 33.9 Å². The lowest BCUT2D eigenvalue weighted by Crippen LogP contribution is -2.36. The summed E-state index contributed by atoms with van der Waals surface area (Å²) < 4.78 is 4.08. The number of aromatic nitrogens is 4. The van der Waals surface area contributed by atoms with Gasteiger partial charge in [0.15, 0.2) is 5.69 Å². The fourth-order valence-corrected chi connectivity index (χ4v) is 4.21. The molecule has 6 nitrogen and oxygen atoms in total. The van der Waals surface area contributed by atoms with Gasteiger partial charge in [-0.1, -0.05) is 18.2 Å². The molecular formula is C20H21N5O. The average molecular weight is 347 g/mol. The number of carbonyl (C=O) groups is 1. The third kappa shape index (κ3) is 2.36. The van der Waals surface area contributed by atoms with Gasteiger partial charge in [0.1, 0.15) is 0 Å². The number of rotatable bonds is 3. The summed E-state index contributed by atoms with van der Waals surface area (Å²) in [6.07, 6.45) is 7.51. The lowest BCUT2D eigenvalue weighted by molar-refractivity contribution is 0.0930. The van der Waals surface area contributed by atoms with Gasteiger partial charge in [0.05, 0.1) is 18.1 Å². The van der Waals surface area contributed by atoms with Crippen molar-refractivity contribution in [1.82, 2.24) is 24.6 Å². The largest absolute Gasteiger partial charge is 0.346 e. The van der Waals surface area contributed by atoms with Gasteiger partial charge in [0.2, 0.25) is 0 Å². The molecular weight excluding hydrogens is 326 g/mol. The number of benzene rings is 1. The Kier molecular flexibility index (Phi) is 3.45. The smallest absolute Gasteiger partial charge is 0.272 e. The minimum atomic E-state index is -0.0563. The van der Waals surface area contributed by atoms with E-state index in [1.54, 1.807) is 0 Å². The Labute approximate surface area is 151 Å². The Morgan fingerprint density at radius 3 is 3.00 bits per heavy atom. The van der Waals surface area contributed by atoms with E-state index in [0.717, 1.165) is 43.5 Å². The second-order valence-electron chi connectivity index (χ2n) is 7.24. The lowest BCUT2D eigenvalue weighted by Gasteiger charge is -2.11. The zero-order chi connectivity index (χ0) is 17.7. The van der Waals surface area contributed by atoms with Crippen LogP contribution in [0.15, 0.2) is 36.8 Å². The summed E-state index contributed by atoms with van der Waals surface area (Å²) >= 11 is 0. The number of aryl methyl sites for hydroxylation is 1. The predicted molar refractivity (Wildman–Crippen MR) is 97.5 cm³/mol. The first-order chi connectivity index (χ1) is 12.7. The summed E-state index contributed by atoms with van der Waals surface area (Å²) in [6, 6.07) is 8.31. The molecule has 3 heterocycles. The van der Waals surface area contributed by atoms with Crippen molar-refractivity contribution in [3.05, 3.63) is 65.0 Å². The predicted octanol–water partition coefficient (Wildman–Crippen LogP) is 2.22. The van der Waals surface area contributed by atoms with Gasteiger partial charge in [-0.2, -0.15) is 5.10 Å². The van der Waals surface area contributed by atoms with Crippen molar-refractivity contribution in [3.8, 4) is 5.69 Å². The summed E-state index contributed by atoms with van der Waals surface area (Å²) in [5.74, 6) is -0.0563. The third-order valence-corrected chi connectivity index (χ3v) is 5.50. The van der Waals surface area contributed by atoms with Crippen LogP contribution in [0.25, 0.3) is 5.69 Å². The molecule has 1 aliphatic heterocycles. The minimum Gasteiger partial charge on any atom is -0.346 e. The first kappa shape index (κ1) is 15.4. The van der Waals surface area contributed by atoms with Gasteiger partial charge in [-0.15, -0.1) is 0 Å². The minimum absolute atomic E-state index is 0.0563. The zero-order valence-electron chi connectivity index (χ0n) is 14.8. The second-order valence-corrected chi connectivity index (χ2v) is 7.24. The fourth-order valence-electron chi connectivity index (χ4n) is 4.21. The highest BCUT2D eigenvalue weighted by Gasteiger charge is 2.30. The third-order valence-electron chi connectivity index (χ3n) is 5.50. The molecule has 5 rings (SSSR count). The molecule has 0 saturated carbocycles. The molecule has 1 N–H and O–H groups in total. The molecule has 0 spiro atoms. The maximum atomic E-state index is 13.0. The highest BCUT2D eigenvalue weighted by molar-refractivity contribution is 5.94. The first-order valence-corrected chi connectivity index (χ1v) is 9.17. The number of carbonyl (C=O) groups excluding carboxylic acids is 1. The van der Waals surface area contributed by atoms with Crippen molar-refractivity contribution in [2.75, 3.05) is 0 Å². The molecule has 2 aromatic heterocycles. The molecule has 0 saturated heterocycles. The molecule has 1 aromatic carbocycles. The molecule has 6 heteroatoms. The van der Waals surface area contributed by atoms with Crippen LogP contribution in [0.3, 0.4) is 0 Å². The summed E-state index contributed by atoms with van der Waals surface area (Å²) in [6.45, 7) is 2.86. The molecule has 1 aliphatic carbocycles. The van der Waals surface area contributed by atoms with Gasteiger partial charge in [0, 0.05) is 36.1 Å². The highest BCUT2D eigenvalue weighted by Crippen LogP contribution is 2.29. The zero-order valence-corrected chi connectivity index (χ0v) is 14.8. The van der Waals surface area contributed by atoms with Gasteiger partial charge in [-0.25, -0.2) is 9.67 Å². The Morgan fingerprint density at radius 1 is 1.27 bits per heavy atom. The van der Waals surface area contributed by atoms with Crippen LogP contribution in [0, 0.1) is 6.92 Å². The van der Waals surface area contributed by atoms with Crippen LogP contribution in [0.2, 0.25) is 0 Å². The maximum absolute atomic E-state index is 13.0. The molecule has 0 radical (unpaired) electrons. The summed E-state index contributed by atoms with van der Waals surface area (Å²) in [7, 11) is 0. The van der Waals surface area contributed by atoms with Crippen molar-refractivity contribution in [2.45, 2.75) is 45.2 Å². The Bertz CT molecular complexity index is 979. The van der Waals surface area contributed by atoms with Gasteiger partial charge in [0.25, 0.3) is 5.91 Å². The Morgan fingerprint density at radius 2 is 2.15 bits per heavy atom. The lowest BCUT2D eigenvalue weighted by atomic mass is 10.1. The fraction of sp³-hybridized carbons (Fsp3) is 0.350. The summed E-state index contributed by atoms with van der Waals surface area (Å²) in [5, 5.41) is 7.90. The van der Waals surface area contributed by atoms with Crippen LogP contribution in [-0.2, 0) is 25.8 Å². The van der Waals surface area contributed by atoms with Crippen LogP contribution >= 0.6 is 0 Å². The Hall–Kier alpha value is -2.89. The summed E-state index contributed by atoms with van der Waals surface area (Å²) in [5.41, 5.74) is 6.30. The van der Waals surface area contributed by atoms with Gasteiger partial charge in [-0.3, -0.25) is 4.79 Å². The number of imidazole rings is 1. The highest BCUT2D eigenvalue weighted by atomic mass is 16.2. The monoisotopic (exact) mass is 347 g/mol. The van der Waals surface area contributed by atoms with Crippen LogP contribution < -0.4 is 5.32 Å². The van der Waals surface area contributed by atoms with Crippen LogP contribution in [-0.4, -0.2) is 31.3 Å². The number of hydrogen-bond donors (Lipinski definition) is 1. The van der Waals surface area contributed by atoms with E-state index >= 15 is 0 Å². The van der Waals surface area contributed by atoms with Crippen LogP contribution in [0.5, 0.6) is 0 Å². The van der Waals surface area contributed by atoms with Gasteiger partial charge < -0.3 is 9.88 Å². The molecule has 0 fully saturated rings. The topological polar surface area (TPSA) is 64.7 Å². The average Bonchev–Trinajstić information content (AvgIpc) is 3.35. The van der Waals surface area contributed by atoms with Crippen molar-refractivity contribution < 1.29 is 4.79 Å². The van der Waals surface area contributed by atoms with Crippen LogP contribution in [0.4, 0.5) is 0 Å². The van der Waals surface area contributed by atoms with E-state index in [-0.39, 0.29) is 11.9 Å². The number of nitrogens with one attached hydrogen (secondary N) is 1. The molecule has 1 amide bonds. The normalized spacial score (nSPS) is 18.0. The van der Waals surface area contributed by atoms with E-state index in [4.69, 9.17) is 5.10 Å². The standard InChI is InChI=1S/C20H21N5O/c1-13-5-2-3-7-17(13)25-18-8-4-6-16(18)19(23-25)20(26)22-14-9-15-10-21-12-24(15)11-14/h2-3,5,7,10,12,14H,4,6,8-9,11H2,1H3,(H,22,26). The van der Waals surface area contributed by atoms with Crippen molar-refractivity contribution in [1.29, 1.82) is 0 Å². The maximum Gasteiger partial charge on any atom is 0.272 e. The molecule has 0 bridgehead atoms. The van der Waals surface area contributed by atoms with E-state index in [1.165, 1.54) is 17.0 Å². The quantitative estimate of drug-likeness (QED) is 0.790. The number of amides is 1. The molecule has 132 valence electrons. The first-order valence-electron chi connectivity index (χ1n) is 9.17. The molecule has 1 atom stereocenters. The van der Waals surface area contributed by atoms with E-state index < -0.39 is 0 Å². The number of hydrogen-bond acceptors (Lipinski definition) is 3. The SMILES string of the molecule is Cc1ccccc1-n1nc(C(=O)NC2Cc3cncn3C2)c2c1CCC2. The van der Waals surface area contributed by atoms with E-state index in [0.29, 0.717) is 5.69 Å². The number of para-hydroxylation sites is 1. The van der Waals surface area contributed by atoms with Crippen molar-refractivity contribution in [3.63, 3.8) is 0 Å². The van der Waals surface area contributed by atoms with Crippen LogP contribution in [0.1, 0.15) is 39.4 Å². The number of fused-ring (bicyclic) bond motifs is 2. The van der Waals surface area contributed by atoms with Crippen molar-refractivity contribution in [2.24, 2.45) is 0 Å². The summed E-state index contributed by atoms with van der Waals surface area (Å²) in [4.78, 5) is 17.1. The second kappa shape index (κ2) is 5.83. The Balaban J connectivity index is 1.45. The molecule has 1 unspecified atom stereocenters. The molecule has 3 aromatic rings. The number of nitrogens with zero attached hydrogens (tertiary/aromatic N) is 4. The van der Waals surface area contributed by atoms with Gasteiger partial charge in [-0.05, 0) is 37.8 Å². The van der Waals surface area contributed by atoms with Gasteiger partial charge >= 0.3 is 0 Å².